The van der Waals surface area contributed by atoms with Crippen LogP contribution >= 0.6 is 0 Å². The average molecular weight is 293 g/mol. The minimum atomic E-state index is -0.220. The highest BCUT2D eigenvalue weighted by Gasteiger charge is 2.03. The van der Waals surface area contributed by atoms with Gasteiger partial charge in [-0.15, -0.1) is 0 Å². The molecule has 0 saturated carbocycles. The van der Waals surface area contributed by atoms with E-state index in [0.29, 0.717) is 0 Å². The fourth-order valence-corrected chi connectivity index (χ4v) is 2.14. The lowest BCUT2D eigenvalue weighted by Crippen LogP contribution is -1.96. The topological polar surface area (TPSA) is 50.1 Å². The number of unbranched alkanes of at least 4 members (excludes halogenated alkanes) is 1. The zero-order chi connectivity index (χ0) is 15.9. The van der Waals surface area contributed by atoms with Gasteiger partial charge in [-0.25, -0.2) is 0 Å². The van der Waals surface area contributed by atoms with Gasteiger partial charge in [-0.05, 0) is 54.0 Å². The Morgan fingerprint density at radius 1 is 1.23 bits per heavy atom. The Bertz CT molecular complexity index is 754. The quantitative estimate of drug-likeness (QED) is 0.447. The van der Waals surface area contributed by atoms with Crippen LogP contribution in [0.25, 0.3) is 16.8 Å². The van der Waals surface area contributed by atoms with Crippen LogP contribution in [-0.4, -0.2) is 12.4 Å². The Balaban J connectivity index is 2.27. The molecule has 0 saturated heterocycles. The zero-order valence-electron chi connectivity index (χ0n) is 12.9. The normalized spacial score (nSPS) is 11.2. The highest BCUT2D eigenvalue weighted by Crippen LogP contribution is 2.23. The molecule has 0 aromatic heterocycles. The van der Waals surface area contributed by atoms with Crippen molar-refractivity contribution in [2.75, 3.05) is 6.61 Å². The summed E-state index contributed by atoms with van der Waals surface area (Å²) in [5.41, 5.74) is 1.01. The molecule has 3 heteroatoms. The van der Waals surface area contributed by atoms with Gasteiger partial charge in [0.25, 0.3) is 0 Å². The van der Waals surface area contributed by atoms with E-state index in [1.165, 1.54) is 6.92 Å². The number of rotatable bonds is 6. The van der Waals surface area contributed by atoms with Crippen molar-refractivity contribution >= 4 is 22.6 Å². The Morgan fingerprint density at radius 3 is 2.64 bits per heavy atom. The Labute approximate surface area is 130 Å². The first-order valence-electron chi connectivity index (χ1n) is 7.43. The van der Waals surface area contributed by atoms with E-state index >= 15 is 0 Å². The largest absolute Gasteiger partial charge is 0.494 e. The highest BCUT2D eigenvalue weighted by molar-refractivity contribution is 6.02. The maximum absolute atomic E-state index is 11.3. The molecule has 2 aromatic carbocycles. The summed E-state index contributed by atoms with van der Waals surface area (Å²) in [6.07, 6.45) is 3.78. The van der Waals surface area contributed by atoms with Crippen molar-refractivity contribution in [1.29, 1.82) is 5.26 Å². The highest BCUT2D eigenvalue weighted by atomic mass is 16.5. The molecule has 0 amide bonds. The lowest BCUT2D eigenvalue weighted by atomic mass is 10.0. The molecule has 0 aliphatic heterocycles. The third kappa shape index (κ3) is 3.95. The van der Waals surface area contributed by atoms with Gasteiger partial charge < -0.3 is 4.74 Å². The second-order valence-electron chi connectivity index (χ2n) is 5.20. The first-order valence-corrected chi connectivity index (χ1v) is 7.43. The summed E-state index contributed by atoms with van der Waals surface area (Å²) in [6.45, 7) is 4.26. The van der Waals surface area contributed by atoms with Crippen molar-refractivity contribution in [2.45, 2.75) is 26.7 Å². The Hall–Kier alpha value is -2.60. The van der Waals surface area contributed by atoms with E-state index in [9.17, 15) is 4.79 Å². The van der Waals surface area contributed by atoms with Crippen molar-refractivity contribution in [1.82, 2.24) is 0 Å². The molecule has 3 nitrogen and oxygen atoms in total. The standard InChI is InChI=1S/C19H19NO2/c1-3-4-9-22-19-8-7-16-10-15(5-6-17(16)12-19)11-18(13-20)14(2)21/h5-8,10-12H,3-4,9H2,1-2H3. The van der Waals surface area contributed by atoms with Crippen LogP contribution < -0.4 is 4.74 Å². The van der Waals surface area contributed by atoms with E-state index in [1.54, 1.807) is 6.08 Å². The van der Waals surface area contributed by atoms with Crippen molar-refractivity contribution < 1.29 is 9.53 Å². The number of allylic oxidation sites excluding steroid dienone is 1. The van der Waals surface area contributed by atoms with Crippen molar-refractivity contribution in [3.63, 3.8) is 0 Å². The van der Waals surface area contributed by atoms with Gasteiger partial charge in [0.15, 0.2) is 5.78 Å². The minimum absolute atomic E-state index is 0.166. The Morgan fingerprint density at radius 2 is 1.95 bits per heavy atom. The first kappa shape index (κ1) is 15.8. The van der Waals surface area contributed by atoms with Crippen LogP contribution in [0.2, 0.25) is 0 Å². The summed E-state index contributed by atoms with van der Waals surface area (Å²) in [7, 11) is 0. The van der Waals surface area contributed by atoms with Gasteiger partial charge >= 0.3 is 0 Å². The number of carbonyl (C=O) groups excluding carboxylic acids is 1. The fraction of sp³-hybridized carbons (Fsp3) is 0.263. The summed E-state index contributed by atoms with van der Waals surface area (Å²) in [5, 5.41) is 11.1. The molecular formula is C19H19NO2. The molecule has 2 aromatic rings. The fourth-order valence-electron chi connectivity index (χ4n) is 2.14. The van der Waals surface area contributed by atoms with Crippen LogP contribution in [0.4, 0.5) is 0 Å². The molecule has 0 bridgehead atoms. The van der Waals surface area contributed by atoms with Crippen LogP contribution in [0.5, 0.6) is 5.75 Å². The lowest BCUT2D eigenvalue weighted by Gasteiger charge is -2.07. The van der Waals surface area contributed by atoms with E-state index < -0.39 is 0 Å². The number of ketones is 1. The van der Waals surface area contributed by atoms with Crippen LogP contribution in [0, 0.1) is 11.3 Å². The SMILES string of the molecule is CCCCOc1ccc2cc(C=C(C#N)C(C)=O)ccc2c1. The third-order valence-electron chi connectivity index (χ3n) is 3.41. The number of Topliss-reactive ketones (excluding diaryl/α,β-unsaturated/α-hetero) is 1. The van der Waals surface area contributed by atoms with E-state index in [-0.39, 0.29) is 11.4 Å². The lowest BCUT2D eigenvalue weighted by molar-refractivity contribution is -0.113. The number of hydrogen-bond donors (Lipinski definition) is 0. The number of nitrogens with zero attached hydrogens (tertiary/aromatic N) is 1. The smallest absolute Gasteiger partial charge is 0.170 e. The van der Waals surface area contributed by atoms with E-state index in [4.69, 9.17) is 10.00 Å². The van der Waals surface area contributed by atoms with Gasteiger partial charge in [0.05, 0.1) is 12.2 Å². The maximum atomic E-state index is 11.3. The molecule has 0 heterocycles. The first-order chi connectivity index (χ1) is 10.6. The second kappa shape index (κ2) is 7.42. The minimum Gasteiger partial charge on any atom is -0.494 e. The number of fused-ring (bicyclic) bond motifs is 1. The molecule has 0 fully saturated rings. The summed E-state index contributed by atoms with van der Waals surface area (Å²) >= 11 is 0. The maximum Gasteiger partial charge on any atom is 0.170 e. The number of nitriles is 1. The van der Waals surface area contributed by atoms with Gasteiger partial charge in [0.1, 0.15) is 11.8 Å². The van der Waals surface area contributed by atoms with E-state index in [0.717, 1.165) is 41.5 Å². The number of benzene rings is 2. The van der Waals surface area contributed by atoms with Gasteiger partial charge in [0.2, 0.25) is 0 Å². The molecular weight excluding hydrogens is 274 g/mol. The average Bonchev–Trinajstić information content (AvgIpc) is 2.52. The second-order valence-corrected chi connectivity index (χ2v) is 5.20. The molecule has 0 aliphatic carbocycles. The molecule has 0 atom stereocenters. The van der Waals surface area contributed by atoms with E-state index in [2.05, 4.69) is 6.92 Å². The molecule has 0 radical (unpaired) electrons. The molecule has 0 aliphatic rings. The number of ether oxygens (including phenoxy) is 1. The van der Waals surface area contributed by atoms with Crippen LogP contribution in [0.1, 0.15) is 32.3 Å². The van der Waals surface area contributed by atoms with Crippen molar-refractivity contribution in [3.05, 3.63) is 47.5 Å². The molecule has 112 valence electrons. The van der Waals surface area contributed by atoms with E-state index in [1.807, 2.05) is 42.5 Å². The molecule has 0 unspecified atom stereocenters. The summed E-state index contributed by atoms with van der Waals surface area (Å²) in [6, 6.07) is 13.7. The van der Waals surface area contributed by atoms with Crippen LogP contribution in [0.15, 0.2) is 42.0 Å². The predicted molar refractivity (Wildman–Crippen MR) is 88.6 cm³/mol. The molecule has 0 spiro atoms. The molecule has 22 heavy (non-hydrogen) atoms. The molecule has 0 N–H and O–H groups in total. The van der Waals surface area contributed by atoms with Gasteiger partial charge in [-0.3, -0.25) is 4.79 Å². The monoisotopic (exact) mass is 293 g/mol. The number of carbonyl (C=O) groups is 1. The van der Waals surface area contributed by atoms with Gasteiger partial charge in [-0.2, -0.15) is 5.26 Å². The summed E-state index contributed by atoms with van der Waals surface area (Å²) in [5.74, 6) is 0.646. The van der Waals surface area contributed by atoms with Crippen LogP contribution in [0.3, 0.4) is 0 Å². The predicted octanol–water partition coefficient (Wildman–Crippen LogP) is 4.51. The zero-order valence-corrected chi connectivity index (χ0v) is 12.9. The van der Waals surface area contributed by atoms with Gasteiger partial charge in [0, 0.05) is 0 Å². The van der Waals surface area contributed by atoms with Crippen molar-refractivity contribution in [3.8, 4) is 11.8 Å². The Kier molecular flexibility index (Phi) is 5.32. The van der Waals surface area contributed by atoms with Gasteiger partial charge in [-0.1, -0.05) is 31.5 Å². The van der Waals surface area contributed by atoms with Crippen LogP contribution in [-0.2, 0) is 4.79 Å². The summed E-state index contributed by atoms with van der Waals surface area (Å²) < 4.78 is 5.70. The van der Waals surface area contributed by atoms with Crippen molar-refractivity contribution in [2.24, 2.45) is 0 Å². The summed E-state index contributed by atoms with van der Waals surface area (Å²) in [4.78, 5) is 11.3. The third-order valence-corrected chi connectivity index (χ3v) is 3.41. The molecule has 2 rings (SSSR count). The number of hydrogen-bond acceptors (Lipinski definition) is 3.